The Hall–Kier alpha value is -1.41. The molecule has 18 heavy (non-hydrogen) atoms. The quantitative estimate of drug-likeness (QED) is 0.727. The second kappa shape index (κ2) is 4.06. The summed E-state index contributed by atoms with van der Waals surface area (Å²) in [6.07, 6.45) is 0.729. The average molecular weight is 301 g/mol. The van der Waals surface area contributed by atoms with Crippen molar-refractivity contribution in [3.05, 3.63) is 70.8 Å². The van der Waals surface area contributed by atoms with Crippen LogP contribution in [0.5, 0.6) is 0 Å². The van der Waals surface area contributed by atoms with E-state index in [0.717, 1.165) is 28.7 Å². The van der Waals surface area contributed by atoms with E-state index in [0.29, 0.717) is 0 Å². The SMILES string of the molecule is Cc1cccc2c1C(=O)C(Br)(c1ccccc1)C2. The number of aryl methyl sites for hydroxylation is 1. The third-order valence-electron chi connectivity index (χ3n) is 3.61. The van der Waals surface area contributed by atoms with Gasteiger partial charge in [-0.15, -0.1) is 0 Å². The molecule has 1 atom stereocenters. The standard InChI is InChI=1S/C16H13BrO/c1-11-6-5-7-12-10-16(17,15(18)14(11)12)13-8-3-2-4-9-13/h2-9H,10H2,1H3. The second-order valence-electron chi connectivity index (χ2n) is 4.78. The van der Waals surface area contributed by atoms with Crippen LogP contribution in [-0.2, 0) is 10.7 Å². The lowest BCUT2D eigenvalue weighted by Crippen LogP contribution is -2.25. The molecule has 0 saturated heterocycles. The molecule has 2 aromatic rings. The molecular formula is C16H13BrO. The minimum Gasteiger partial charge on any atom is -0.292 e. The Morgan fingerprint density at radius 3 is 2.44 bits per heavy atom. The van der Waals surface area contributed by atoms with E-state index < -0.39 is 4.32 Å². The van der Waals surface area contributed by atoms with Gasteiger partial charge in [0.1, 0.15) is 4.32 Å². The summed E-state index contributed by atoms with van der Waals surface area (Å²) in [4.78, 5) is 12.7. The first-order valence-electron chi connectivity index (χ1n) is 6.00. The van der Waals surface area contributed by atoms with Gasteiger partial charge in [0.05, 0.1) is 0 Å². The summed E-state index contributed by atoms with van der Waals surface area (Å²) >= 11 is 3.68. The van der Waals surface area contributed by atoms with Crippen molar-refractivity contribution < 1.29 is 4.79 Å². The largest absolute Gasteiger partial charge is 0.292 e. The van der Waals surface area contributed by atoms with E-state index in [2.05, 4.69) is 15.9 Å². The maximum atomic E-state index is 12.7. The first-order chi connectivity index (χ1) is 8.63. The molecule has 1 aliphatic carbocycles. The smallest absolute Gasteiger partial charge is 0.184 e. The number of ketones is 1. The molecule has 2 heteroatoms. The summed E-state index contributed by atoms with van der Waals surface area (Å²) in [6, 6.07) is 16.0. The average Bonchev–Trinajstić information content (AvgIpc) is 2.65. The van der Waals surface area contributed by atoms with E-state index in [9.17, 15) is 4.79 Å². The number of fused-ring (bicyclic) bond motifs is 1. The summed E-state index contributed by atoms with van der Waals surface area (Å²) in [7, 11) is 0. The van der Waals surface area contributed by atoms with Crippen LogP contribution in [0.1, 0.15) is 27.0 Å². The van der Waals surface area contributed by atoms with Crippen LogP contribution in [0.25, 0.3) is 0 Å². The summed E-state index contributed by atoms with van der Waals surface area (Å²) in [5.41, 5.74) is 4.12. The molecule has 0 aliphatic heterocycles. The van der Waals surface area contributed by atoms with Gasteiger partial charge in [0.25, 0.3) is 0 Å². The van der Waals surface area contributed by atoms with Crippen LogP contribution in [0.2, 0.25) is 0 Å². The lowest BCUT2D eigenvalue weighted by molar-refractivity contribution is 0.0959. The topological polar surface area (TPSA) is 17.1 Å². The van der Waals surface area contributed by atoms with Gasteiger partial charge >= 0.3 is 0 Å². The van der Waals surface area contributed by atoms with Gasteiger partial charge in [0, 0.05) is 5.56 Å². The molecule has 0 fully saturated rings. The first kappa shape index (κ1) is 11.7. The molecule has 0 heterocycles. The Morgan fingerprint density at radius 1 is 1.06 bits per heavy atom. The molecule has 3 rings (SSSR count). The molecule has 0 bridgehead atoms. The Kier molecular flexibility index (Phi) is 2.63. The van der Waals surface area contributed by atoms with E-state index in [-0.39, 0.29) is 5.78 Å². The first-order valence-corrected chi connectivity index (χ1v) is 6.80. The van der Waals surface area contributed by atoms with Crippen molar-refractivity contribution in [3.63, 3.8) is 0 Å². The minimum atomic E-state index is -0.581. The van der Waals surface area contributed by atoms with Gasteiger partial charge in [-0.2, -0.15) is 0 Å². The minimum absolute atomic E-state index is 0.182. The van der Waals surface area contributed by atoms with Gasteiger partial charge in [-0.1, -0.05) is 64.5 Å². The molecular weight excluding hydrogens is 288 g/mol. The number of rotatable bonds is 1. The van der Waals surface area contributed by atoms with Crippen molar-refractivity contribution in [3.8, 4) is 0 Å². The Bertz CT molecular complexity index is 618. The molecule has 0 aromatic heterocycles. The fourth-order valence-corrected chi connectivity index (χ4v) is 3.44. The molecule has 0 radical (unpaired) electrons. The molecule has 90 valence electrons. The fourth-order valence-electron chi connectivity index (χ4n) is 2.68. The zero-order valence-electron chi connectivity index (χ0n) is 10.1. The van der Waals surface area contributed by atoms with Crippen LogP contribution < -0.4 is 0 Å². The van der Waals surface area contributed by atoms with Crippen LogP contribution in [0.3, 0.4) is 0 Å². The number of hydrogen-bond donors (Lipinski definition) is 0. The van der Waals surface area contributed by atoms with Gasteiger partial charge in [0.2, 0.25) is 0 Å². The highest BCUT2D eigenvalue weighted by Crippen LogP contribution is 2.45. The summed E-state index contributed by atoms with van der Waals surface area (Å²) in [6.45, 7) is 2.00. The van der Waals surface area contributed by atoms with E-state index >= 15 is 0 Å². The van der Waals surface area contributed by atoms with E-state index in [1.807, 2.05) is 55.5 Å². The van der Waals surface area contributed by atoms with Crippen LogP contribution in [-0.4, -0.2) is 5.78 Å². The van der Waals surface area contributed by atoms with Crippen molar-refractivity contribution in [2.75, 3.05) is 0 Å². The lowest BCUT2D eigenvalue weighted by Gasteiger charge is -2.20. The number of hydrogen-bond acceptors (Lipinski definition) is 1. The van der Waals surface area contributed by atoms with Gasteiger partial charge in [-0.3, -0.25) is 4.79 Å². The van der Waals surface area contributed by atoms with E-state index in [1.165, 1.54) is 0 Å². The maximum Gasteiger partial charge on any atom is 0.184 e. The molecule has 1 aliphatic rings. The van der Waals surface area contributed by atoms with E-state index in [4.69, 9.17) is 0 Å². The van der Waals surface area contributed by atoms with Crippen LogP contribution >= 0.6 is 15.9 Å². The molecule has 0 spiro atoms. The molecule has 0 N–H and O–H groups in total. The van der Waals surface area contributed by atoms with Crippen LogP contribution in [0.4, 0.5) is 0 Å². The summed E-state index contributed by atoms with van der Waals surface area (Å²) in [5.74, 6) is 0.182. The van der Waals surface area contributed by atoms with Crippen molar-refractivity contribution >= 4 is 21.7 Å². The second-order valence-corrected chi connectivity index (χ2v) is 6.14. The molecule has 0 saturated carbocycles. The van der Waals surface area contributed by atoms with Crippen LogP contribution in [0, 0.1) is 6.92 Å². The molecule has 2 aromatic carbocycles. The Morgan fingerprint density at radius 2 is 1.78 bits per heavy atom. The zero-order valence-corrected chi connectivity index (χ0v) is 11.7. The van der Waals surface area contributed by atoms with Gasteiger partial charge in [-0.25, -0.2) is 0 Å². The number of carbonyl (C=O) groups is 1. The lowest BCUT2D eigenvalue weighted by atomic mass is 9.94. The highest BCUT2D eigenvalue weighted by atomic mass is 79.9. The molecule has 1 unspecified atom stereocenters. The van der Waals surface area contributed by atoms with Crippen molar-refractivity contribution in [1.29, 1.82) is 0 Å². The van der Waals surface area contributed by atoms with Crippen molar-refractivity contribution in [2.45, 2.75) is 17.7 Å². The summed E-state index contributed by atoms with van der Waals surface area (Å²) in [5, 5.41) is 0. The number of alkyl halides is 1. The number of carbonyl (C=O) groups excluding carboxylic acids is 1. The van der Waals surface area contributed by atoms with Crippen LogP contribution in [0.15, 0.2) is 48.5 Å². The monoisotopic (exact) mass is 300 g/mol. The van der Waals surface area contributed by atoms with Crippen molar-refractivity contribution in [2.24, 2.45) is 0 Å². The normalized spacial score (nSPS) is 22.0. The van der Waals surface area contributed by atoms with Gasteiger partial charge in [0.15, 0.2) is 5.78 Å². The number of benzene rings is 2. The van der Waals surface area contributed by atoms with Gasteiger partial charge < -0.3 is 0 Å². The number of halogens is 1. The Balaban J connectivity index is 2.15. The van der Waals surface area contributed by atoms with Crippen molar-refractivity contribution in [1.82, 2.24) is 0 Å². The van der Waals surface area contributed by atoms with Gasteiger partial charge in [-0.05, 0) is 30.0 Å². The predicted molar refractivity (Wildman–Crippen MR) is 76.3 cm³/mol. The highest BCUT2D eigenvalue weighted by Gasteiger charge is 2.45. The summed E-state index contributed by atoms with van der Waals surface area (Å²) < 4.78 is -0.581. The van der Waals surface area contributed by atoms with E-state index in [1.54, 1.807) is 0 Å². The molecule has 0 amide bonds. The third-order valence-corrected chi connectivity index (χ3v) is 4.71. The maximum absolute atomic E-state index is 12.7. The zero-order chi connectivity index (χ0) is 12.8. The predicted octanol–water partition coefficient (Wildman–Crippen LogP) is 4.02. The Labute approximate surface area is 115 Å². The fraction of sp³-hybridized carbons (Fsp3) is 0.188. The molecule has 1 nitrogen and oxygen atoms in total. The highest BCUT2D eigenvalue weighted by molar-refractivity contribution is 9.10. The third kappa shape index (κ3) is 1.56. The number of Topliss-reactive ketones (excluding diaryl/α,β-unsaturated/α-hetero) is 1.